The summed E-state index contributed by atoms with van der Waals surface area (Å²) in [5.74, 6) is -0.144. The highest BCUT2D eigenvalue weighted by Gasteiger charge is 2.35. The summed E-state index contributed by atoms with van der Waals surface area (Å²) in [5, 5.41) is 5.99. The number of hydrogen-bond acceptors (Lipinski definition) is 6. The summed E-state index contributed by atoms with van der Waals surface area (Å²) in [6.07, 6.45) is 1.88. The van der Waals surface area contributed by atoms with Crippen molar-refractivity contribution in [3.63, 3.8) is 0 Å². The van der Waals surface area contributed by atoms with Crippen molar-refractivity contribution in [3.05, 3.63) is 17.0 Å². The van der Waals surface area contributed by atoms with Crippen molar-refractivity contribution in [2.45, 2.75) is 36.1 Å². The van der Waals surface area contributed by atoms with Gasteiger partial charge in [0.1, 0.15) is 4.21 Å². The minimum atomic E-state index is -3.56. The molecule has 0 radical (unpaired) electrons. The van der Waals surface area contributed by atoms with Gasteiger partial charge in [0, 0.05) is 25.5 Å². The minimum absolute atomic E-state index is 0.144. The lowest BCUT2D eigenvalue weighted by atomic mass is 9.99. The number of carbonyl (C=O) groups is 1. The van der Waals surface area contributed by atoms with Gasteiger partial charge in [-0.2, -0.15) is 0 Å². The van der Waals surface area contributed by atoms with Gasteiger partial charge < -0.3 is 15.4 Å². The van der Waals surface area contributed by atoms with E-state index in [1.165, 1.54) is 6.92 Å². The molecule has 1 amide bonds. The molecule has 1 fully saturated rings. The SMILES string of the molecule is COCC1(CNS(=O)(=O)c2ccc(CNC(C)=O)s2)CCCN1. The molecule has 1 aromatic heterocycles. The maximum atomic E-state index is 12.4. The maximum Gasteiger partial charge on any atom is 0.250 e. The number of amides is 1. The lowest BCUT2D eigenvalue weighted by Gasteiger charge is -2.28. The van der Waals surface area contributed by atoms with Crippen molar-refractivity contribution in [2.75, 3.05) is 26.8 Å². The van der Waals surface area contributed by atoms with Gasteiger partial charge in [0.05, 0.1) is 18.7 Å². The fraction of sp³-hybridized carbons (Fsp3) is 0.643. The van der Waals surface area contributed by atoms with Crippen LogP contribution in [-0.4, -0.2) is 46.7 Å². The van der Waals surface area contributed by atoms with Gasteiger partial charge in [0.25, 0.3) is 0 Å². The number of methoxy groups -OCH3 is 1. The molecule has 9 heteroatoms. The van der Waals surface area contributed by atoms with E-state index < -0.39 is 10.0 Å². The number of carbonyl (C=O) groups excluding carboxylic acids is 1. The fourth-order valence-electron chi connectivity index (χ4n) is 2.58. The summed E-state index contributed by atoms with van der Waals surface area (Å²) in [6.45, 7) is 3.39. The first-order valence-corrected chi connectivity index (χ1v) is 9.74. The molecular weight excluding hydrogens is 338 g/mol. The van der Waals surface area contributed by atoms with E-state index >= 15 is 0 Å². The summed E-state index contributed by atoms with van der Waals surface area (Å²) in [7, 11) is -1.95. The minimum Gasteiger partial charge on any atom is -0.383 e. The van der Waals surface area contributed by atoms with E-state index in [0.29, 0.717) is 19.7 Å². The monoisotopic (exact) mass is 361 g/mol. The largest absolute Gasteiger partial charge is 0.383 e. The van der Waals surface area contributed by atoms with Gasteiger partial charge in [-0.1, -0.05) is 0 Å². The van der Waals surface area contributed by atoms with Crippen molar-refractivity contribution in [2.24, 2.45) is 0 Å². The Morgan fingerprint density at radius 3 is 2.87 bits per heavy atom. The molecule has 2 rings (SSSR count). The number of nitrogens with one attached hydrogen (secondary N) is 3. The van der Waals surface area contributed by atoms with Crippen LogP contribution in [0.5, 0.6) is 0 Å². The molecule has 3 N–H and O–H groups in total. The Morgan fingerprint density at radius 1 is 1.48 bits per heavy atom. The van der Waals surface area contributed by atoms with Gasteiger partial charge in [-0.3, -0.25) is 4.79 Å². The quantitative estimate of drug-likeness (QED) is 0.624. The molecule has 0 aliphatic carbocycles. The first-order chi connectivity index (χ1) is 10.9. The number of thiophene rings is 1. The first kappa shape index (κ1) is 18.3. The molecule has 1 saturated heterocycles. The zero-order valence-electron chi connectivity index (χ0n) is 13.3. The molecule has 1 unspecified atom stereocenters. The molecule has 1 aromatic rings. The standard InChI is InChI=1S/C14H23N3O4S2/c1-11(18)15-8-12-4-5-13(22-12)23(19,20)17-9-14(10-21-2)6-3-7-16-14/h4-5,16-17H,3,6-10H2,1-2H3,(H,15,18). The third-order valence-corrected chi connectivity index (χ3v) is 6.75. The Kier molecular flexibility index (Phi) is 6.15. The van der Waals surface area contributed by atoms with E-state index in [4.69, 9.17) is 4.74 Å². The summed E-state index contributed by atoms with van der Waals surface area (Å²) in [5.41, 5.74) is -0.335. The van der Waals surface area contributed by atoms with Gasteiger partial charge in [0.2, 0.25) is 15.9 Å². The molecule has 0 bridgehead atoms. The van der Waals surface area contributed by atoms with Crippen LogP contribution in [0.15, 0.2) is 16.3 Å². The second-order valence-electron chi connectivity index (χ2n) is 5.70. The zero-order chi connectivity index (χ0) is 16.9. The van der Waals surface area contributed by atoms with E-state index in [0.717, 1.165) is 35.6 Å². The van der Waals surface area contributed by atoms with Crippen molar-refractivity contribution in [3.8, 4) is 0 Å². The third kappa shape index (κ3) is 4.98. The topological polar surface area (TPSA) is 96.5 Å². The smallest absolute Gasteiger partial charge is 0.250 e. The second kappa shape index (κ2) is 7.71. The van der Waals surface area contributed by atoms with E-state index in [9.17, 15) is 13.2 Å². The van der Waals surface area contributed by atoms with Gasteiger partial charge >= 0.3 is 0 Å². The molecule has 0 spiro atoms. The summed E-state index contributed by atoms with van der Waals surface area (Å²) < 4.78 is 33.0. The van der Waals surface area contributed by atoms with Crippen LogP contribution in [0.1, 0.15) is 24.6 Å². The first-order valence-electron chi connectivity index (χ1n) is 7.44. The molecular formula is C14H23N3O4S2. The molecule has 1 aliphatic heterocycles. The van der Waals surface area contributed by atoms with Gasteiger partial charge in [-0.05, 0) is 31.5 Å². The lowest BCUT2D eigenvalue weighted by Crippen LogP contribution is -2.52. The molecule has 2 heterocycles. The number of rotatable bonds is 8. The molecule has 7 nitrogen and oxygen atoms in total. The Hall–Kier alpha value is -1.00. The number of ether oxygens (including phenoxy) is 1. The van der Waals surface area contributed by atoms with Crippen LogP contribution in [0, 0.1) is 0 Å². The Morgan fingerprint density at radius 2 is 2.26 bits per heavy atom. The van der Waals surface area contributed by atoms with Gasteiger partial charge in [-0.15, -0.1) is 11.3 Å². The zero-order valence-corrected chi connectivity index (χ0v) is 15.0. The average Bonchev–Trinajstić information content (AvgIpc) is 3.14. The predicted molar refractivity (Wildman–Crippen MR) is 88.9 cm³/mol. The Balaban J connectivity index is 1.99. The second-order valence-corrected chi connectivity index (χ2v) is 8.86. The molecule has 0 aromatic carbocycles. The van der Waals surface area contributed by atoms with Crippen LogP contribution in [0.4, 0.5) is 0 Å². The molecule has 130 valence electrons. The van der Waals surface area contributed by atoms with Crippen molar-refractivity contribution >= 4 is 27.3 Å². The van der Waals surface area contributed by atoms with Crippen LogP contribution in [0.25, 0.3) is 0 Å². The van der Waals surface area contributed by atoms with Crippen LogP contribution < -0.4 is 15.4 Å². The number of sulfonamides is 1. The molecule has 1 aliphatic rings. The van der Waals surface area contributed by atoms with E-state index in [1.807, 2.05) is 0 Å². The van der Waals surface area contributed by atoms with Crippen molar-refractivity contribution < 1.29 is 17.9 Å². The maximum absolute atomic E-state index is 12.4. The molecule has 0 saturated carbocycles. The van der Waals surface area contributed by atoms with Crippen molar-refractivity contribution in [1.82, 2.24) is 15.4 Å². The van der Waals surface area contributed by atoms with Crippen molar-refractivity contribution in [1.29, 1.82) is 0 Å². The molecule has 1 atom stereocenters. The average molecular weight is 361 g/mol. The van der Waals surface area contributed by atoms with E-state index in [2.05, 4.69) is 15.4 Å². The predicted octanol–water partition coefficient (Wildman–Crippen LogP) is 0.431. The van der Waals surface area contributed by atoms with Crippen LogP contribution in [-0.2, 0) is 26.1 Å². The van der Waals surface area contributed by atoms with Gasteiger partial charge in [-0.25, -0.2) is 13.1 Å². The van der Waals surface area contributed by atoms with Crippen LogP contribution in [0.3, 0.4) is 0 Å². The number of hydrogen-bond donors (Lipinski definition) is 3. The summed E-state index contributed by atoms with van der Waals surface area (Å²) in [4.78, 5) is 11.7. The van der Waals surface area contributed by atoms with E-state index in [-0.39, 0.29) is 15.7 Å². The van der Waals surface area contributed by atoms with Crippen LogP contribution >= 0.6 is 11.3 Å². The highest BCUT2D eigenvalue weighted by Crippen LogP contribution is 2.23. The molecule has 23 heavy (non-hydrogen) atoms. The van der Waals surface area contributed by atoms with Crippen LogP contribution in [0.2, 0.25) is 0 Å². The summed E-state index contributed by atoms with van der Waals surface area (Å²) >= 11 is 1.16. The fourth-order valence-corrected chi connectivity index (χ4v) is 5.05. The highest BCUT2D eigenvalue weighted by atomic mass is 32.2. The normalized spacial score (nSPS) is 21.5. The Bertz CT molecular complexity index is 636. The summed E-state index contributed by atoms with van der Waals surface area (Å²) in [6, 6.07) is 3.28. The third-order valence-electron chi connectivity index (χ3n) is 3.77. The Labute approximate surface area is 140 Å². The van der Waals surface area contributed by atoms with Gasteiger partial charge in [0.15, 0.2) is 0 Å². The lowest BCUT2D eigenvalue weighted by molar-refractivity contribution is -0.119. The van der Waals surface area contributed by atoms with E-state index in [1.54, 1.807) is 19.2 Å². The highest BCUT2D eigenvalue weighted by molar-refractivity contribution is 7.91.